The average molecular weight is 396 g/mol. The molecule has 7 nitrogen and oxygen atoms in total. The van der Waals surface area contributed by atoms with E-state index in [0.29, 0.717) is 19.3 Å². The number of amides is 2. The second kappa shape index (κ2) is 10.3. The predicted molar refractivity (Wildman–Crippen MR) is 106 cm³/mol. The Labute approximate surface area is 169 Å². The summed E-state index contributed by atoms with van der Waals surface area (Å²) in [4.78, 5) is 36.6. The number of Topliss-reactive ketones (excluding diaryl/α,β-unsaturated/α-hetero) is 1. The van der Waals surface area contributed by atoms with Crippen molar-refractivity contribution in [3.63, 3.8) is 0 Å². The fourth-order valence-electron chi connectivity index (χ4n) is 3.19. The second-order valence-electron chi connectivity index (χ2n) is 6.85. The zero-order valence-electron chi connectivity index (χ0n) is 16.0. The Morgan fingerprint density at radius 1 is 0.828 bits per heavy atom. The normalized spacial score (nSPS) is 18.6. The summed E-state index contributed by atoms with van der Waals surface area (Å²) in [6.07, 6.45) is 0.229. The highest BCUT2D eigenvalue weighted by molar-refractivity contribution is 5.89. The van der Waals surface area contributed by atoms with Crippen LogP contribution in [0.25, 0.3) is 0 Å². The third-order valence-corrected chi connectivity index (χ3v) is 4.69. The quantitative estimate of drug-likeness (QED) is 0.781. The highest BCUT2D eigenvalue weighted by Crippen LogP contribution is 2.17. The number of ether oxygens (including phenoxy) is 2. The number of alkyl carbamates (subject to hydrolysis) is 2. The lowest BCUT2D eigenvalue weighted by Crippen LogP contribution is -2.57. The van der Waals surface area contributed by atoms with Crippen molar-refractivity contribution in [3.05, 3.63) is 71.8 Å². The van der Waals surface area contributed by atoms with Crippen LogP contribution in [0.1, 0.15) is 30.4 Å². The van der Waals surface area contributed by atoms with Crippen molar-refractivity contribution >= 4 is 18.0 Å². The fourth-order valence-corrected chi connectivity index (χ4v) is 3.19. The van der Waals surface area contributed by atoms with Gasteiger partial charge in [0.2, 0.25) is 0 Å². The molecule has 2 aromatic carbocycles. The van der Waals surface area contributed by atoms with Gasteiger partial charge in [-0.15, -0.1) is 0 Å². The molecule has 2 N–H and O–H groups in total. The Morgan fingerprint density at radius 2 is 1.34 bits per heavy atom. The van der Waals surface area contributed by atoms with Crippen molar-refractivity contribution < 1.29 is 23.9 Å². The molecule has 1 unspecified atom stereocenters. The minimum absolute atomic E-state index is 0.102. The number of hydrogen-bond acceptors (Lipinski definition) is 5. The van der Waals surface area contributed by atoms with Crippen LogP contribution >= 0.6 is 0 Å². The van der Waals surface area contributed by atoms with Gasteiger partial charge in [-0.1, -0.05) is 60.7 Å². The van der Waals surface area contributed by atoms with E-state index in [1.54, 1.807) is 0 Å². The zero-order chi connectivity index (χ0) is 20.5. The summed E-state index contributed by atoms with van der Waals surface area (Å²) in [5.74, 6) is -0.138. The molecule has 2 aromatic rings. The smallest absolute Gasteiger partial charge is 0.408 e. The minimum atomic E-state index is -0.837. The van der Waals surface area contributed by atoms with Crippen molar-refractivity contribution in [1.29, 1.82) is 0 Å². The SMILES string of the molecule is O=C(NC1CCCC(=O)[C@@H]1NC(=O)OCc1ccccc1)OCc1ccccc1. The van der Waals surface area contributed by atoms with Crippen LogP contribution in [0.5, 0.6) is 0 Å². The van der Waals surface area contributed by atoms with Crippen LogP contribution in [0.15, 0.2) is 60.7 Å². The van der Waals surface area contributed by atoms with Gasteiger partial charge in [0, 0.05) is 6.42 Å². The van der Waals surface area contributed by atoms with E-state index in [-0.39, 0.29) is 19.0 Å². The maximum atomic E-state index is 12.3. The van der Waals surface area contributed by atoms with E-state index in [1.807, 2.05) is 60.7 Å². The van der Waals surface area contributed by atoms with E-state index in [9.17, 15) is 14.4 Å². The van der Waals surface area contributed by atoms with Crippen molar-refractivity contribution in [3.8, 4) is 0 Å². The van der Waals surface area contributed by atoms with E-state index in [0.717, 1.165) is 11.1 Å². The van der Waals surface area contributed by atoms with Crippen molar-refractivity contribution in [2.24, 2.45) is 0 Å². The van der Waals surface area contributed by atoms with Crippen LogP contribution in [-0.4, -0.2) is 30.1 Å². The van der Waals surface area contributed by atoms with Gasteiger partial charge in [-0.2, -0.15) is 0 Å². The molecule has 7 heteroatoms. The van der Waals surface area contributed by atoms with Crippen LogP contribution in [0.3, 0.4) is 0 Å². The van der Waals surface area contributed by atoms with Gasteiger partial charge in [-0.3, -0.25) is 4.79 Å². The van der Waals surface area contributed by atoms with Crippen LogP contribution < -0.4 is 10.6 Å². The van der Waals surface area contributed by atoms with Gasteiger partial charge in [0.1, 0.15) is 19.3 Å². The third-order valence-electron chi connectivity index (χ3n) is 4.69. The molecule has 0 heterocycles. The molecule has 0 saturated heterocycles. The van der Waals surface area contributed by atoms with Crippen LogP contribution in [0, 0.1) is 0 Å². The molecule has 3 rings (SSSR count). The van der Waals surface area contributed by atoms with Gasteiger partial charge in [0.05, 0.1) is 6.04 Å². The maximum absolute atomic E-state index is 12.3. The largest absolute Gasteiger partial charge is 0.445 e. The lowest BCUT2D eigenvalue weighted by molar-refractivity contribution is -0.123. The lowest BCUT2D eigenvalue weighted by atomic mass is 9.89. The Hall–Kier alpha value is -3.35. The summed E-state index contributed by atoms with van der Waals surface area (Å²) in [5, 5.41) is 5.28. The summed E-state index contributed by atoms with van der Waals surface area (Å²) in [5.41, 5.74) is 1.71. The third kappa shape index (κ3) is 6.34. The van der Waals surface area contributed by atoms with Gasteiger partial charge in [0.15, 0.2) is 5.78 Å². The predicted octanol–water partition coefficient (Wildman–Crippen LogP) is 3.33. The lowest BCUT2D eigenvalue weighted by Gasteiger charge is -2.30. The number of hydrogen-bond donors (Lipinski definition) is 2. The summed E-state index contributed by atoms with van der Waals surface area (Å²) >= 11 is 0. The van der Waals surface area contributed by atoms with Gasteiger partial charge in [-0.05, 0) is 24.0 Å². The average Bonchev–Trinajstić information content (AvgIpc) is 2.75. The van der Waals surface area contributed by atoms with E-state index in [2.05, 4.69) is 10.6 Å². The Bertz CT molecular complexity index is 826. The van der Waals surface area contributed by atoms with E-state index in [1.165, 1.54) is 0 Å². The summed E-state index contributed by atoms with van der Waals surface area (Å²) in [6.45, 7) is 0.231. The molecule has 2 atom stereocenters. The summed E-state index contributed by atoms with van der Waals surface area (Å²) in [6, 6.07) is 17.2. The first kappa shape index (κ1) is 20.4. The molecule has 0 radical (unpaired) electrons. The number of rotatable bonds is 6. The van der Waals surface area contributed by atoms with Crippen LogP contribution in [0.2, 0.25) is 0 Å². The highest BCUT2D eigenvalue weighted by Gasteiger charge is 2.34. The maximum Gasteiger partial charge on any atom is 0.408 e. The van der Waals surface area contributed by atoms with Gasteiger partial charge in [-0.25, -0.2) is 9.59 Å². The van der Waals surface area contributed by atoms with E-state index < -0.39 is 24.3 Å². The van der Waals surface area contributed by atoms with E-state index >= 15 is 0 Å². The second-order valence-corrected chi connectivity index (χ2v) is 6.85. The molecular weight excluding hydrogens is 372 g/mol. The molecule has 1 aliphatic carbocycles. The van der Waals surface area contributed by atoms with E-state index in [4.69, 9.17) is 9.47 Å². The molecule has 0 spiro atoms. The topological polar surface area (TPSA) is 93.7 Å². The first-order chi connectivity index (χ1) is 14.1. The first-order valence-electron chi connectivity index (χ1n) is 9.59. The number of nitrogens with one attached hydrogen (secondary N) is 2. The Kier molecular flexibility index (Phi) is 7.22. The molecule has 0 aliphatic heterocycles. The Morgan fingerprint density at radius 3 is 1.90 bits per heavy atom. The molecule has 1 saturated carbocycles. The van der Waals surface area contributed by atoms with Crippen LogP contribution in [-0.2, 0) is 27.5 Å². The van der Waals surface area contributed by atoms with Gasteiger partial charge in [0.25, 0.3) is 0 Å². The van der Waals surface area contributed by atoms with Crippen molar-refractivity contribution in [2.45, 2.75) is 44.6 Å². The highest BCUT2D eigenvalue weighted by atomic mass is 16.6. The summed E-state index contributed by atoms with van der Waals surface area (Å²) in [7, 11) is 0. The van der Waals surface area contributed by atoms with Crippen LogP contribution in [0.4, 0.5) is 9.59 Å². The molecular formula is C22H24N2O5. The van der Waals surface area contributed by atoms with Gasteiger partial charge < -0.3 is 20.1 Å². The monoisotopic (exact) mass is 396 g/mol. The van der Waals surface area contributed by atoms with Gasteiger partial charge >= 0.3 is 12.2 Å². The molecule has 0 aromatic heterocycles. The molecule has 1 aliphatic rings. The molecule has 152 valence electrons. The first-order valence-corrected chi connectivity index (χ1v) is 9.59. The molecule has 0 bridgehead atoms. The Balaban J connectivity index is 1.50. The summed E-state index contributed by atoms with van der Waals surface area (Å²) < 4.78 is 10.4. The number of carbonyl (C=O) groups is 3. The zero-order valence-corrected chi connectivity index (χ0v) is 16.0. The van der Waals surface area contributed by atoms with Crippen molar-refractivity contribution in [1.82, 2.24) is 10.6 Å². The molecule has 29 heavy (non-hydrogen) atoms. The fraction of sp³-hybridized carbons (Fsp3) is 0.318. The number of benzene rings is 2. The molecule has 1 fully saturated rings. The number of ketones is 1. The molecule has 2 amide bonds. The van der Waals surface area contributed by atoms with Crippen molar-refractivity contribution in [2.75, 3.05) is 0 Å². The minimum Gasteiger partial charge on any atom is -0.445 e. The standard InChI is InChI=1S/C22H24N2O5/c25-19-13-7-12-18(23-21(26)28-14-16-8-3-1-4-9-16)20(19)24-22(27)29-15-17-10-5-2-6-11-17/h1-6,8-11,18,20H,7,12-15H2,(H,23,26)(H,24,27)/t18?,20-/m1/s1. The number of carbonyl (C=O) groups excluding carboxylic acids is 3.